The largest absolute Gasteiger partial charge is 0.348 e. The fourth-order valence-corrected chi connectivity index (χ4v) is 2.82. The van der Waals surface area contributed by atoms with Crippen molar-refractivity contribution >= 4 is 42.1 Å². The number of carbonyl (C=O) groups is 1. The molecule has 0 spiro atoms. The number of benzene rings is 1. The number of hydrogen-bond donors (Lipinski definition) is 2. The summed E-state index contributed by atoms with van der Waals surface area (Å²) in [6.07, 6.45) is 2.50. The van der Waals surface area contributed by atoms with E-state index in [9.17, 15) is 4.79 Å². The average Bonchev–Trinajstić information content (AvgIpc) is 2.97. The molecular weight excluding hydrogens is 329 g/mol. The van der Waals surface area contributed by atoms with Gasteiger partial charge in [0.05, 0.1) is 12.6 Å². The minimum atomic E-state index is -0.144. The molecule has 1 aromatic carbocycles. The zero-order chi connectivity index (χ0) is 13.1. The van der Waals surface area contributed by atoms with E-state index in [4.69, 9.17) is 0 Å². The Hall–Kier alpha value is -1.14. The lowest BCUT2D eigenvalue weighted by Gasteiger charge is -2.25. The first-order valence-corrected chi connectivity index (χ1v) is 7.17. The number of rotatable bonds is 3. The number of thiazole rings is 1. The molecule has 2 N–H and O–H groups in total. The molecule has 0 radical (unpaired) electrons. The Balaban J connectivity index is 0.00000110. The Bertz CT molecular complexity index is 577. The van der Waals surface area contributed by atoms with Crippen molar-refractivity contribution in [3.8, 4) is 0 Å². The molecule has 114 valence electrons. The van der Waals surface area contributed by atoms with Gasteiger partial charge in [-0.3, -0.25) is 4.79 Å². The summed E-state index contributed by atoms with van der Waals surface area (Å²) in [4.78, 5) is 16.3. The number of amides is 1. The molecule has 0 saturated carbocycles. The van der Waals surface area contributed by atoms with Crippen LogP contribution in [0.15, 0.2) is 35.8 Å². The number of hydrogen-bond acceptors (Lipinski definition) is 4. The Kier molecular flexibility index (Phi) is 7.11. The van der Waals surface area contributed by atoms with Gasteiger partial charge in [-0.1, -0.05) is 24.3 Å². The molecule has 0 fully saturated rings. The van der Waals surface area contributed by atoms with E-state index < -0.39 is 0 Å². The highest BCUT2D eigenvalue weighted by Gasteiger charge is 2.23. The van der Waals surface area contributed by atoms with Crippen LogP contribution in [-0.2, 0) is 24.3 Å². The molecule has 3 rings (SSSR count). The molecule has 1 aliphatic rings. The first-order chi connectivity index (χ1) is 9.33. The Morgan fingerprint density at radius 2 is 2.10 bits per heavy atom. The van der Waals surface area contributed by atoms with Crippen molar-refractivity contribution in [2.24, 2.45) is 0 Å². The summed E-state index contributed by atoms with van der Waals surface area (Å²) in [5.41, 5.74) is 2.54. The second kappa shape index (κ2) is 8.34. The van der Waals surface area contributed by atoms with E-state index >= 15 is 0 Å². The normalized spacial score (nSPS) is 16.1. The van der Waals surface area contributed by atoms with Crippen molar-refractivity contribution < 1.29 is 4.79 Å². The zero-order valence-electron chi connectivity index (χ0n) is 11.2. The monoisotopic (exact) mass is 345 g/mol. The maximum Gasteiger partial charge on any atom is 0.237 e. The predicted octanol–water partition coefficient (Wildman–Crippen LogP) is 2.32. The van der Waals surface area contributed by atoms with E-state index in [1.54, 1.807) is 17.5 Å². The van der Waals surface area contributed by atoms with E-state index in [0.717, 1.165) is 18.0 Å². The maximum absolute atomic E-state index is 12.1. The van der Waals surface area contributed by atoms with Gasteiger partial charge in [0.15, 0.2) is 0 Å². The van der Waals surface area contributed by atoms with Gasteiger partial charge in [-0.25, -0.2) is 4.98 Å². The lowest BCUT2D eigenvalue weighted by molar-refractivity contribution is -0.123. The zero-order valence-corrected chi connectivity index (χ0v) is 13.7. The quantitative estimate of drug-likeness (QED) is 0.897. The summed E-state index contributed by atoms with van der Waals surface area (Å²) in [6, 6.07) is 8.11. The standard InChI is InChI=1S/C14H15N3OS.2ClH/c18-14(17-9-13-15-5-6-19-13)12-7-10-3-1-2-4-11(10)8-16-12;;/h1-6,12,16H,7-9H2,(H,17,18);2*1H. The van der Waals surface area contributed by atoms with E-state index in [-0.39, 0.29) is 36.8 Å². The molecule has 1 amide bonds. The van der Waals surface area contributed by atoms with E-state index in [2.05, 4.69) is 27.8 Å². The van der Waals surface area contributed by atoms with Crippen molar-refractivity contribution in [3.63, 3.8) is 0 Å². The van der Waals surface area contributed by atoms with Crippen LogP contribution < -0.4 is 10.6 Å². The van der Waals surface area contributed by atoms with Crippen molar-refractivity contribution in [2.75, 3.05) is 0 Å². The molecule has 0 saturated heterocycles. The molecule has 2 heterocycles. The first-order valence-electron chi connectivity index (χ1n) is 6.29. The highest BCUT2D eigenvalue weighted by atomic mass is 35.5. The van der Waals surface area contributed by atoms with Gasteiger partial charge >= 0.3 is 0 Å². The van der Waals surface area contributed by atoms with Crippen LogP contribution in [0.1, 0.15) is 16.1 Å². The SMILES string of the molecule is Cl.Cl.O=C(NCc1nccs1)C1Cc2ccccc2CN1. The third-order valence-corrected chi connectivity index (χ3v) is 4.07. The molecule has 21 heavy (non-hydrogen) atoms. The van der Waals surface area contributed by atoms with Crippen LogP contribution in [0.5, 0.6) is 0 Å². The molecule has 1 aromatic heterocycles. The van der Waals surface area contributed by atoms with E-state index in [1.807, 2.05) is 17.5 Å². The van der Waals surface area contributed by atoms with Crippen LogP contribution in [0.25, 0.3) is 0 Å². The van der Waals surface area contributed by atoms with Crippen molar-refractivity contribution in [3.05, 3.63) is 52.0 Å². The van der Waals surface area contributed by atoms with Crippen LogP contribution in [0, 0.1) is 0 Å². The minimum Gasteiger partial charge on any atom is -0.348 e. The van der Waals surface area contributed by atoms with Gasteiger partial charge < -0.3 is 10.6 Å². The molecule has 0 bridgehead atoms. The molecule has 0 aliphatic carbocycles. The average molecular weight is 346 g/mol. The molecule has 2 aromatic rings. The van der Waals surface area contributed by atoms with Crippen LogP contribution in [0.4, 0.5) is 0 Å². The number of aromatic nitrogens is 1. The highest BCUT2D eigenvalue weighted by molar-refractivity contribution is 7.09. The molecule has 1 aliphatic heterocycles. The summed E-state index contributed by atoms with van der Waals surface area (Å²) in [6.45, 7) is 1.27. The third kappa shape index (κ3) is 4.41. The summed E-state index contributed by atoms with van der Waals surface area (Å²) >= 11 is 1.55. The van der Waals surface area contributed by atoms with Gasteiger partial charge in [0.1, 0.15) is 5.01 Å². The predicted molar refractivity (Wildman–Crippen MR) is 89.2 cm³/mol. The maximum atomic E-state index is 12.1. The van der Waals surface area contributed by atoms with Crippen molar-refractivity contribution in [1.82, 2.24) is 15.6 Å². The first kappa shape index (κ1) is 17.9. The number of nitrogens with zero attached hydrogens (tertiary/aromatic N) is 1. The number of carbonyl (C=O) groups excluding carboxylic acids is 1. The van der Waals surface area contributed by atoms with E-state index in [0.29, 0.717) is 6.54 Å². The molecule has 4 nitrogen and oxygen atoms in total. The Labute approximate surface area is 140 Å². The summed E-state index contributed by atoms with van der Waals surface area (Å²) in [7, 11) is 0. The summed E-state index contributed by atoms with van der Waals surface area (Å²) < 4.78 is 0. The lowest BCUT2D eigenvalue weighted by Crippen LogP contribution is -2.47. The van der Waals surface area contributed by atoms with Crippen LogP contribution in [0.3, 0.4) is 0 Å². The van der Waals surface area contributed by atoms with Crippen molar-refractivity contribution in [1.29, 1.82) is 0 Å². The fraction of sp³-hybridized carbons (Fsp3) is 0.286. The second-order valence-electron chi connectivity index (χ2n) is 4.55. The van der Waals surface area contributed by atoms with Crippen LogP contribution >= 0.6 is 36.2 Å². The van der Waals surface area contributed by atoms with E-state index in [1.165, 1.54) is 11.1 Å². The molecule has 7 heteroatoms. The number of nitrogens with one attached hydrogen (secondary N) is 2. The lowest BCUT2D eigenvalue weighted by atomic mass is 9.95. The second-order valence-corrected chi connectivity index (χ2v) is 5.53. The smallest absolute Gasteiger partial charge is 0.237 e. The Morgan fingerprint density at radius 3 is 2.81 bits per heavy atom. The summed E-state index contributed by atoms with van der Waals surface area (Å²) in [5.74, 6) is 0.0460. The Morgan fingerprint density at radius 1 is 1.33 bits per heavy atom. The van der Waals surface area contributed by atoms with Crippen LogP contribution in [0.2, 0.25) is 0 Å². The van der Waals surface area contributed by atoms with Crippen LogP contribution in [-0.4, -0.2) is 16.9 Å². The van der Waals surface area contributed by atoms with Gasteiger partial charge in [0, 0.05) is 18.1 Å². The van der Waals surface area contributed by atoms with Gasteiger partial charge in [-0.15, -0.1) is 36.2 Å². The molecule has 1 unspecified atom stereocenters. The number of halogens is 2. The topological polar surface area (TPSA) is 54.0 Å². The summed E-state index contributed by atoms with van der Waals surface area (Å²) in [5, 5.41) is 9.06. The molecular formula is C14H17Cl2N3OS. The fourth-order valence-electron chi connectivity index (χ4n) is 2.27. The van der Waals surface area contributed by atoms with Gasteiger partial charge in [0.2, 0.25) is 5.91 Å². The molecule has 1 atom stereocenters. The third-order valence-electron chi connectivity index (χ3n) is 3.30. The van der Waals surface area contributed by atoms with Crippen molar-refractivity contribution in [2.45, 2.75) is 25.6 Å². The van der Waals surface area contributed by atoms with Gasteiger partial charge in [-0.05, 0) is 17.5 Å². The van der Waals surface area contributed by atoms with Gasteiger partial charge in [0.25, 0.3) is 0 Å². The number of fused-ring (bicyclic) bond motifs is 1. The minimum absolute atomic E-state index is 0. The van der Waals surface area contributed by atoms with Gasteiger partial charge in [-0.2, -0.15) is 0 Å². The highest BCUT2D eigenvalue weighted by Crippen LogP contribution is 2.16.